The van der Waals surface area contributed by atoms with Crippen LogP contribution in [0.4, 0.5) is 17.1 Å². The summed E-state index contributed by atoms with van der Waals surface area (Å²) in [6.07, 6.45) is 0. The highest BCUT2D eigenvalue weighted by molar-refractivity contribution is 6.04. The molecule has 0 saturated carbocycles. The minimum atomic E-state index is -0.387. The molecule has 0 heterocycles. The van der Waals surface area contributed by atoms with Crippen LogP contribution in [0, 0.1) is 0 Å². The van der Waals surface area contributed by atoms with E-state index in [0.717, 1.165) is 43.8 Å². The second-order valence-corrected chi connectivity index (χ2v) is 12.3. The Labute approximate surface area is 310 Å². The number of hydrogen-bond acceptors (Lipinski definition) is 1. The van der Waals surface area contributed by atoms with Crippen molar-refractivity contribution >= 4 is 38.6 Å². The van der Waals surface area contributed by atoms with Gasteiger partial charge in [0.05, 0.1) is 11.0 Å². The van der Waals surface area contributed by atoms with Crippen molar-refractivity contribution in [3.8, 4) is 44.5 Å². The van der Waals surface area contributed by atoms with Gasteiger partial charge in [0.2, 0.25) is 0 Å². The molecule has 0 fully saturated rings. The molecule has 240 valence electrons. The molecule has 0 aliphatic rings. The van der Waals surface area contributed by atoms with Gasteiger partial charge in [-0.15, -0.1) is 0 Å². The molecule has 0 aliphatic heterocycles. The van der Waals surface area contributed by atoms with Gasteiger partial charge in [0.1, 0.15) is 0 Å². The van der Waals surface area contributed by atoms with Gasteiger partial charge >= 0.3 is 0 Å². The predicted molar refractivity (Wildman–Crippen MR) is 218 cm³/mol. The minimum Gasteiger partial charge on any atom is -0.311 e. The third-order valence-electron chi connectivity index (χ3n) is 9.20. The third kappa shape index (κ3) is 5.96. The highest BCUT2D eigenvalue weighted by atomic mass is 15.1. The van der Waals surface area contributed by atoms with Crippen LogP contribution >= 0.6 is 0 Å². The zero-order valence-electron chi connectivity index (χ0n) is 35.5. The molecule has 0 spiro atoms. The lowest BCUT2D eigenvalue weighted by Crippen LogP contribution is -2.09. The van der Waals surface area contributed by atoms with E-state index < -0.39 is 0 Å². The summed E-state index contributed by atoms with van der Waals surface area (Å²) in [5, 5.41) is 4.10. The van der Waals surface area contributed by atoms with Gasteiger partial charge in [0.15, 0.2) is 0 Å². The molecule has 0 bridgehead atoms. The first-order chi connectivity index (χ1) is 28.6. The molecule has 9 aromatic carbocycles. The highest BCUT2D eigenvalue weighted by Gasteiger charge is 2.15. The van der Waals surface area contributed by atoms with Crippen LogP contribution < -0.4 is 4.90 Å². The van der Waals surface area contributed by atoms with Crippen LogP contribution in [0.3, 0.4) is 0 Å². The van der Waals surface area contributed by atoms with Crippen molar-refractivity contribution in [1.29, 1.82) is 0 Å². The molecule has 0 saturated heterocycles. The van der Waals surface area contributed by atoms with Crippen molar-refractivity contribution in [3.63, 3.8) is 0 Å². The fraction of sp³-hybridized carbons (Fsp3) is 0. The number of fused-ring (bicyclic) bond motifs is 2. The Bertz CT molecular complexity index is 3020. The van der Waals surface area contributed by atoms with Crippen molar-refractivity contribution in [1.82, 2.24) is 0 Å². The summed E-state index contributed by atoms with van der Waals surface area (Å²) < 4.78 is 75.2. The number of rotatable bonds is 7. The zero-order valence-corrected chi connectivity index (χ0v) is 27.5. The Kier molecular flexibility index (Phi) is 5.96. The molecule has 0 radical (unpaired) electrons. The Morgan fingerprint density at radius 2 is 0.824 bits per heavy atom. The van der Waals surface area contributed by atoms with E-state index >= 15 is 0 Å². The fourth-order valence-electron chi connectivity index (χ4n) is 6.66. The second kappa shape index (κ2) is 13.3. The lowest BCUT2D eigenvalue weighted by molar-refractivity contribution is 1.28. The van der Waals surface area contributed by atoms with E-state index in [1.807, 2.05) is 97.1 Å². The highest BCUT2D eigenvalue weighted by Crippen LogP contribution is 2.41. The smallest absolute Gasteiger partial charge is 0.0645 e. The SMILES string of the molecule is [2H]c1c([2H])c(N(c2ccccc2)c2c([2H])c([2H])c(-c3ccc4ccccc4c3-c3ccccc3)c([2H])c2[2H])c([2H])c([2H])c1-c1ccc(-c2ccc3ccccc3c2)cc1. The van der Waals surface area contributed by atoms with Gasteiger partial charge in [-0.3, -0.25) is 0 Å². The van der Waals surface area contributed by atoms with E-state index in [1.165, 1.54) is 4.90 Å². The van der Waals surface area contributed by atoms with Gasteiger partial charge in [0.25, 0.3) is 0 Å². The summed E-state index contributed by atoms with van der Waals surface area (Å²) in [6, 6.07) is 48.9. The first kappa shape index (κ1) is 22.8. The standard InChI is InChI=1S/C50H35N/c1-3-13-42(14-4-1)50-48-18-10-9-12-40(48)29-34-49(50)41-27-32-47(33-28-41)51(45-16-5-2-6-17-45)46-30-25-38(26-31-46)37-19-21-39(22-20-37)44-24-23-36-11-7-8-15-43(36)35-44/h1-35H/i25D,26D,27D,28D,30D,31D,32D,33D. The summed E-state index contributed by atoms with van der Waals surface area (Å²) in [4.78, 5) is 1.33. The number of anilines is 3. The van der Waals surface area contributed by atoms with Crippen molar-refractivity contribution in [2.75, 3.05) is 4.90 Å². The Morgan fingerprint density at radius 3 is 1.51 bits per heavy atom. The zero-order chi connectivity index (χ0) is 40.9. The maximum absolute atomic E-state index is 9.50. The van der Waals surface area contributed by atoms with E-state index in [0.29, 0.717) is 16.8 Å². The monoisotopic (exact) mass is 657 g/mol. The Hall–Kier alpha value is -6.70. The van der Waals surface area contributed by atoms with E-state index in [2.05, 4.69) is 24.3 Å². The fourth-order valence-corrected chi connectivity index (χ4v) is 6.66. The summed E-state index contributed by atoms with van der Waals surface area (Å²) >= 11 is 0. The van der Waals surface area contributed by atoms with Gasteiger partial charge in [0, 0.05) is 17.1 Å². The van der Waals surface area contributed by atoms with Crippen LogP contribution in [0.25, 0.3) is 66.1 Å². The van der Waals surface area contributed by atoms with Gasteiger partial charge < -0.3 is 4.90 Å². The summed E-state index contributed by atoms with van der Waals surface area (Å²) in [7, 11) is 0. The number of hydrogen-bond donors (Lipinski definition) is 0. The van der Waals surface area contributed by atoms with Crippen LogP contribution in [0.15, 0.2) is 212 Å². The van der Waals surface area contributed by atoms with E-state index in [9.17, 15) is 11.0 Å². The molecule has 0 unspecified atom stereocenters. The quantitative estimate of drug-likeness (QED) is 0.165. The van der Waals surface area contributed by atoms with E-state index in [-0.39, 0.29) is 70.8 Å². The molecule has 9 aromatic rings. The average molecular weight is 658 g/mol. The summed E-state index contributed by atoms with van der Waals surface area (Å²) in [5.74, 6) is 0. The predicted octanol–water partition coefficient (Wildman–Crippen LogP) is 14.1. The van der Waals surface area contributed by atoms with E-state index in [4.69, 9.17) is 0 Å². The molecule has 0 atom stereocenters. The van der Waals surface area contributed by atoms with Crippen LogP contribution in [-0.4, -0.2) is 0 Å². The molecular formula is C50H35N. The average Bonchev–Trinajstić information content (AvgIpc) is 3.28. The van der Waals surface area contributed by atoms with Crippen molar-refractivity contribution < 1.29 is 11.0 Å². The molecule has 0 N–H and O–H groups in total. The van der Waals surface area contributed by atoms with Crippen molar-refractivity contribution in [2.45, 2.75) is 0 Å². The lowest BCUT2D eigenvalue weighted by atomic mass is 9.90. The molecule has 1 nitrogen and oxygen atoms in total. The van der Waals surface area contributed by atoms with Crippen molar-refractivity contribution in [3.05, 3.63) is 212 Å². The summed E-state index contributed by atoms with van der Waals surface area (Å²) in [5.41, 5.74) is 4.81. The Balaban J connectivity index is 1.21. The largest absolute Gasteiger partial charge is 0.311 e. The van der Waals surface area contributed by atoms with Crippen LogP contribution in [0.5, 0.6) is 0 Å². The first-order valence-electron chi connectivity index (χ1n) is 20.9. The maximum Gasteiger partial charge on any atom is 0.0645 e. The number of nitrogens with zero attached hydrogens (tertiary/aromatic N) is 1. The van der Waals surface area contributed by atoms with Crippen molar-refractivity contribution in [2.24, 2.45) is 0 Å². The van der Waals surface area contributed by atoms with Gasteiger partial charge in [-0.1, -0.05) is 170 Å². The number of para-hydroxylation sites is 1. The minimum absolute atomic E-state index is 0.112. The van der Waals surface area contributed by atoms with Crippen LogP contribution in [-0.2, 0) is 0 Å². The molecule has 0 aliphatic carbocycles. The Morgan fingerprint density at radius 1 is 0.314 bits per heavy atom. The molecule has 9 rings (SSSR count). The molecule has 1 heteroatoms. The molecule has 0 amide bonds. The summed E-state index contributed by atoms with van der Waals surface area (Å²) in [6.45, 7) is 0. The van der Waals surface area contributed by atoms with Gasteiger partial charge in [-0.25, -0.2) is 0 Å². The van der Waals surface area contributed by atoms with Gasteiger partial charge in [-0.2, -0.15) is 0 Å². The topological polar surface area (TPSA) is 3.24 Å². The molecule has 51 heavy (non-hydrogen) atoms. The normalized spacial score (nSPS) is 13.3. The number of benzene rings is 9. The maximum atomic E-state index is 9.50. The third-order valence-corrected chi connectivity index (χ3v) is 9.20. The molecule has 0 aromatic heterocycles. The molecular weight excluding hydrogens is 615 g/mol. The van der Waals surface area contributed by atoms with E-state index in [1.54, 1.807) is 42.5 Å². The second-order valence-electron chi connectivity index (χ2n) is 12.3. The van der Waals surface area contributed by atoms with Gasteiger partial charge in [-0.05, 0) is 108 Å². The lowest BCUT2D eigenvalue weighted by Gasteiger charge is -2.26. The van der Waals surface area contributed by atoms with Crippen LogP contribution in [0.1, 0.15) is 11.0 Å². The van der Waals surface area contributed by atoms with Crippen LogP contribution in [0.2, 0.25) is 0 Å². The first-order valence-corrected chi connectivity index (χ1v) is 16.9.